The molecule has 1 rings (SSSR count). The monoisotopic (exact) mass is 197 g/mol. The molecule has 0 aliphatic carbocycles. The van der Waals surface area contributed by atoms with Gasteiger partial charge in [-0.1, -0.05) is 0 Å². The Morgan fingerprint density at radius 3 is 2.92 bits per heavy atom. The lowest BCUT2D eigenvalue weighted by Crippen LogP contribution is -2.14. The fourth-order valence-electron chi connectivity index (χ4n) is 0.836. The number of nitrogens with zero attached hydrogens (tertiary/aromatic N) is 2. The molecule has 0 fully saturated rings. The summed E-state index contributed by atoms with van der Waals surface area (Å²) < 4.78 is 0. The van der Waals surface area contributed by atoms with E-state index in [0.717, 1.165) is 23.0 Å². The second-order valence-corrected chi connectivity index (χ2v) is 4.19. The van der Waals surface area contributed by atoms with Gasteiger partial charge in [-0.05, 0) is 26.2 Å². The van der Waals surface area contributed by atoms with Gasteiger partial charge >= 0.3 is 0 Å². The molecule has 0 bridgehead atoms. The van der Waals surface area contributed by atoms with Gasteiger partial charge in [0.2, 0.25) is 0 Å². The standard InChI is InChI=1S/C9H15N3S/c1-12(2)5-6-13-9-7-8(10)3-4-11-9/h3-4,7H,5-6H2,1-2H3,(H2,10,11). The van der Waals surface area contributed by atoms with E-state index in [4.69, 9.17) is 5.73 Å². The second-order valence-electron chi connectivity index (χ2n) is 3.08. The molecule has 0 saturated heterocycles. The molecule has 3 nitrogen and oxygen atoms in total. The molecular formula is C9H15N3S. The molecule has 1 aromatic rings. The van der Waals surface area contributed by atoms with Crippen molar-refractivity contribution < 1.29 is 0 Å². The minimum Gasteiger partial charge on any atom is -0.399 e. The predicted octanol–water partition coefficient (Wildman–Crippen LogP) is 1.32. The maximum absolute atomic E-state index is 5.63. The average Bonchev–Trinajstić information content (AvgIpc) is 2.03. The van der Waals surface area contributed by atoms with Gasteiger partial charge in [-0.2, -0.15) is 0 Å². The summed E-state index contributed by atoms with van der Waals surface area (Å²) in [7, 11) is 4.13. The predicted molar refractivity (Wildman–Crippen MR) is 57.9 cm³/mol. The molecule has 13 heavy (non-hydrogen) atoms. The molecule has 1 aromatic heterocycles. The van der Waals surface area contributed by atoms with E-state index in [1.54, 1.807) is 24.0 Å². The van der Waals surface area contributed by atoms with Gasteiger partial charge in [0.25, 0.3) is 0 Å². The fourth-order valence-corrected chi connectivity index (χ4v) is 1.86. The van der Waals surface area contributed by atoms with Crippen molar-refractivity contribution in [2.24, 2.45) is 0 Å². The molecule has 0 unspecified atom stereocenters. The van der Waals surface area contributed by atoms with Gasteiger partial charge in [-0.25, -0.2) is 4.98 Å². The van der Waals surface area contributed by atoms with Crippen LogP contribution in [0.4, 0.5) is 5.69 Å². The first kappa shape index (κ1) is 10.3. The quantitative estimate of drug-likeness (QED) is 0.739. The molecule has 0 aliphatic heterocycles. The third-order valence-corrected chi connectivity index (χ3v) is 2.45. The number of pyridine rings is 1. The summed E-state index contributed by atoms with van der Waals surface area (Å²) in [6.45, 7) is 1.06. The summed E-state index contributed by atoms with van der Waals surface area (Å²) in [5, 5.41) is 1.00. The number of hydrogen-bond acceptors (Lipinski definition) is 4. The molecule has 0 amide bonds. The highest BCUT2D eigenvalue weighted by Crippen LogP contribution is 2.16. The number of aromatic nitrogens is 1. The highest BCUT2D eigenvalue weighted by molar-refractivity contribution is 7.99. The zero-order chi connectivity index (χ0) is 9.68. The molecule has 0 spiro atoms. The first-order chi connectivity index (χ1) is 6.18. The van der Waals surface area contributed by atoms with Crippen LogP contribution in [0.15, 0.2) is 23.4 Å². The fraction of sp³-hybridized carbons (Fsp3) is 0.444. The van der Waals surface area contributed by atoms with E-state index in [1.807, 2.05) is 6.07 Å². The van der Waals surface area contributed by atoms with Crippen LogP contribution in [0.25, 0.3) is 0 Å². The Hall–Kier alpha value is -0.740. The van der Waals surface area contributed by atoms with Gasteiger partial charge in [0, 0.05) is 24.2 Å². The van der Waals surface area contributed by atoms with Gasteiger partial charge < -0.3 is 10.6 Å². The summed E-state index contributed by atoms with van der Waals surface area (Å²) in [6.07, 6.45) is 1.74. The zero-order valence-corrected chi connectivity index (χ0v) is 8.84. The van der Waals surface area contributed by atoms with Crippen LogP contribution in [0, 0.1) is 0 Å². The molecule has 0 atom stereocenters. The lowest BCUT2D eigenvalue weighted by atomic mass is 10.4. The maximum Gasteiger partial charge on any atom is 0.0980 e. The van der Waals surface area contributed by atoms with Crippen molar-refractivity contribution in [3.63, 3.8) is 0 Å². The first-order valence-corrected chi connectivity index (χ1v) is 5.16. The van der Waals surface area contributed by atoms with Crippen molar-refractivity contribution in [1.29, 1.82) is 0 Å². The molecule has 1 heterocycles. The van der Waals surface area contributed by atoms with Crippen LogP contribution in [0.2, 0.25) is 0 Å². The van der Waals surface area contributed by atoms with Crippen LogP contribution < -0.4 is 5.73 Å². The van der Waals surface area contributed by atoms with Gasteiger partial charge in [0.1, 0.15) is 0 Å². The van der Waals surface area contributed by atoms with Gasteiger partial charge in [-0.15, -0.1) is 11.8 Å². The van der Waals surface area contributed by atoms with Crippen LogP contribution in [0.3, 0.4) is 0 Å². The number of hydrogen-bond donors (Lipinski definition) is 1. The van der Waals surface area contributed by atoms with E-state index in [2.05, 4.69) is 24.0 Å². The number of nitrogen functional groups attached to an aromatic ring is 1. The molecule has 4 heteroatoms. The Morgan fingerprint density at radius 1 is 1.54 bits per heavy atom. The van der Waals surface area contributed by atoms with Crippen LogP contribution in [-0.4, -0.2) is 36.3 Å². The highest BCUT2D eigenvalue weighted by atomic mass is 32.2. The Kier molecular flexibility index (Phi) is 4.05. The number of thioether (sulfide) groups is 1. The number of anilines is 1. The van der Waals surface area contributed by atoms with Gasteiger partial charge in [0.15, 0.2) is 0 Å². The molecule has 0 saturated carbocycles. The van der Waals surface area contributed by atoms with Crippen LogP contribution in [-0.2, 0) is 0 Å². The van der Waals surface area contributed by atoms with Crippen molar-refractivity contribution in [2.45, 2.75) is 5.03 Å². The lowest BCUT2D eigenvalue weighted by Gasteiger charge is -2.08. The van der Waals surface area contributed by atoms with E-state index >= 15 is 0 Å². The summed E-state index contributed by atoms with van der Waals surface area (Å²) >= 11 is 1.73. The third kappa shape index (κ3) is 4.15. The second kappa shape index (κ2) is 5.09. The Bertz CT molecular complexity index is 263. The van der Waals surface area contributed by atoms with Crippen LogP contribution in [0.1, 0.15) is 0 Å². The summed E-state index contributed by atoms with van der Waals surface area (Å²) in [5.74, 6) is 1.05. The molecule has 0 aromatic carbocycles. The highest BCUT2D eigenvalue weighted by Gasteiger charge is 1.96. The largest absolute Gasteiger partial charge is 0.399 e. The molecule has 72 valence electrons. The van der Waals surface area contributed by atoms with Gasteiger partial charge in [-0.3, -0.25) is 0 Å². The molecule has 0 aliphatic rings. The number of rotatable bonds is 4. The van der Waals surface area contributed by atoms with Crippen molar-refractivity contribution in [3.8, 4) is 0 Å². The lowest BCUT2D eigenvalue weighted by molar-refractivity contribution is 0.437. The van der Waals surface area contributed by atoms with E-state index in [1.165, 1.54) is 0 Å². The van der Waals surface area contributed by atoms with E-state index in [0.29, 0.717) is 0 Å². The average molecular weight is 197 g/mol. The zero-order valence-electron chi connectivity index (χ0n) is 8.03. The Balaban J connectivity index is 2.37. The Morgan fingerprint density at radius 2 is 2.31 bits per heavy atom. The van der Waals surface area contributed by atoms with Crippen molar-refractivity contribution >= 4 is 17.4 Å². The van der Waals surface area contributed by atoms with Gasteiger partial charge in [0.05, 0.1) is 5.03 Å². The van der Waals surface area contributed by atoms with E-state index in [9.17, 15) is 0 Å². The molecule has 0 radical (unpaired) electrons. The SMILES string of the molecule is CN(C)CCSc1cc(N)ccn1. The minimum absolute atomic E-state index is 0.780. The Labute approximate surface area is 83.3 Å². The third-order valence-electron chi connectivity index (χ3n) is 1.55. The molecule has 2 N–H and O–H groups in total. The summed E-state index contributed by atoms with van der Waals surface area (Å²) in [5.41, 5.74) is 6.41. The van der Waals surface area contributed by atoms with E-state index in [-0.39, 0.29) is 0 Å². The minimum atomic E-state index is 0.780. The first-order valence-electron chi connectivity index (χ1n) is 4.17. The van der Waals surface area contributed by atoms with Crippen LogP contribution in [0.5, 0.6) is 0 Å². The van der Waals surface area contributed by atoms with Crippen molar-refractivity contribution in [3.05, 3.63) is 18.3 Å². The summed E-state index contributed by atoms with van der Waals surface area (Å²) in [6, 6.07) is 3.70. The van der Waals surface area contributed by atoms with Crippen LogP contribution >= 0.6 is 11.8 Å². The van der Waals surface area contributed by atoms with E-state index < -0.39 is 0 Å². The van der Waals surface area contributed by atoms with Crippen molar-refractivity contribution in [2.75, 3.05) is 32.1 Å². The van der Waals surface area contributed by atoms with Crippen molar-refractivity contribution in [1.82, 2.24) is 9.88 Å². The normalized spacial score (nSPS) is 10.7. The molecular weight excluding hydrogens is 182 g/mol. The number of nitrogens with two attached hydrogens (primary N) is 1. The summed E-state index contributed by atoms with van der Waals surface area (Å²) in [4.78, 5) is 6.35. The topological polar surface area (TPSA) is 42.1 Å². The maximum atomic E-state index is 5.63. The smallest absolute Gasteiger partial charge is 0.0980 e.